The van der Waals surface area contributed by atoms with E-state index in [0.717, 1.165) is 5.56 Å². The lowest BCUT2D eigenvalue weighted by Crippen LogP contribution is -2.15. The van der Waals surface area contributed by atoms with Crippen molar-refractivity contribution in [2.24, 2.45) is 0 Å². The van der Waals surface area contributed by atoms with Crippen molar-refractivity contribution in [2.75, 3.05) is 30.0 Å². The Balaban J connectivity index is 1.58. The van der Waals surface area contributed by atoms with Crippen molar-refractivity contribution in [3.8, 4) is 11.5 Å². The smallest absolute Gasteiger partial charge is 0.262 e. The molecule has 174 valence electrons. The molecule has 0 unspecified atom stereocenters. The van der Waals surface area contributed by atoms with Crippen molar-refractivity contribution in [2.45, 2.75) is 10.6 Å². The van der Waals surface area contributed by atoms with Gasteiger partial charge in [-0.3, -0.25) is 9.52 Å². The second-order valence-electron chi connectivity index (χ2n) is 6.86. The van der Waals surface area contributed by atoms with Gasteiger partial charge in [-0.1, -0.05) is 23.7 Å². The molecule has 7 nitrogen and oxygen atoms in total. The SMILES string of the molecule is COc1ccc(OC)c(NS(=O)(=O)c2ccc(NC(=O)CSCc3ccc(Cl)cc3)cc2)c1. The molecule has 0 atom stereocenters. The predicted molar refractivity (Wildman–Crippen MR) is 133 cm³/mol. The molecule has 3 rings (SSSR count). The number of benzene rings is 3. The molecule has 1 amide bonds. The summed E-state index contributed by atoms with van der Waals surface area (Å²) >= 11 is 7.34. The third-order valence-electron chi connectivity index (χ3n) is 4.51. The Morgan fingerprint density at radius 1 is 0.970 bits per heavy atom. The maximum absolute atomic E-state index is 12.8. The number of hydrogen-bond donors (Lipinski definition) is 2. The fraction of sp³-hybridized carbons (Fsp3) is 0.174. The minimum Gasteiger partial charge on any atom is -0.497 e. The number of halogens is 1. The van der Waals surface area contributed by atoms with Crippen molar-refractivity contribution in [3.63, 3.8) is 0 Å². The first kappa shape index (κ1) is 24.8. The van der Waals surface area contributed by atoms with E-state index in [1.165, 1.54) is 44.2 Å². The van der Waals surface area contributed by atoms with Crippen LogP contribution in [0, 0.1) is 0 Å². The second-order valence-corrected chi connectivity index (χ2v) is 9.97. The average Bonchev–Trinajstić information content (AvgIpc) is 2.80. The number of thioether (sulfide) groups is 1. The number of ether oxygens (including phenoxy) is 2. The van der Waals surface area contributed by atoms with Crippen LogP contribution < -0.4 is 19.5 Å². The molecule has 0 aromatic heterocycles. The van der Waals surface area contributed by atoms with Crippen molar-refractivity contribution in [1.82, 2.24) is 0 Å². The molecule has 2 N–H and O–H groups in total. The summed E-state index contributed by atoms with van der Waals surface area (Å²) in [7, 11) is -0.937. The molecule has 0 saturated heterocycles. The molecule has 0 spiro atoms. The zero-order valence-corrected chi connectivity index (χ0v) is 20.4. The molecule has 0 heterocycles. The number of rotatable bonds is 10. The summed E-state index contributed by atoms with van der Waals surface area (Å²) in [6.45, 7) is 0. The highest BCUT2D eigenvalue weighted by molar-refractivity contribution is 7.99. The first-order valence-corrected chi connectivity index (χ1v) is 12.8. The van der Waals surface area contributed by atoms with E-state index in [2.05, 4.69) is 10.0 Å². The zero-order chi connectivity index (χ0) is 23.8. The van der Waals surface area contributed by atoms with Crippen LogP contribution in [0.5, 0.6) is 11.5 Å². The highest BCUT2D eigenvalue weighted by atomic mass is 35.5. The minimum absolute atomic E-state index is 0.0440. The van der Waals surface area contributed by atoms with Crippen LogP contribution in [-0.4, -0.2) is 34.3 Å². The van der Waals surface area contributed by atoms with E-state index in [1.54, 1.807) is 24.3 Å². The fourth-order valence-corrected chi connectivity index (χ4v) is 4.83. The summed E-state index contributed by atoms with van der Waals surface area (Å²) < 4.78 is 38.5. The summed E-state index contributed by atoms with van der Waals surface area (Å²) in [5.41, 5.74) is 1.84. The van der Waals surface area contributed by atoms with Crippen LogP contribution >= 0.6 is 23.4 Å². The van der Waals surface area contributed by atoms with Gasteiger partial charge in [-0.25, -0.2) is 8.42 Å². The molecule has 0 aliphatic heterocycles. The van der Waals surface area contributed by atoms with Gasteiger partial charge in [-0.05, 0) is 54.1 Å². The number of amides is 1. The molecular weight excluding hydrogens is 484 g/mol. The van der Waals surface area contributed by atoms with Crippen LogP contribution in [0.3, 0.4) is 0 Å². The van der Waals surface area contributed by atoms with E-state index < -0.39 is 10.0 Å². The molecule has 0 radical (unpaired) electrons. The van der Waals surface area contributed by atoms with Gasteiger partial charge in [0.1, 0.15) is 11.5 Å². The van der Waals surface area contributed by atoms with Crippen LogP contribution in [0.25, 0.3) is 0 Å². The Morgan fingerprint density at radius 2 is 1.67 bits per heavy atom. The number of hydrogen-bond acceptors (Lipinski definition) is 6. The molecule has 0 aliphatic rings. The van der Waals surface area contributed by atoms with E-state index in [4.69, 9.17) is 21.1 Å². The Labute approximate surface area is 202 Å². The van der Waals surface area contributed by atoms with E-state index in [9.17, 15) is 13.2 Å². The Bertz CT molecular complexity index is 1200. The lowest BCUT2D eigenvalue weighted by Gasteiger charge is -2.13. The van der Waals surface area contributed by atoms with Gasteiger partial charge in [0.15, 0.2) is 0 Å². The number of carbonyl (C=O) groups excluding carboxylic acids is 1. The van der Waals surface area contributed by atoms with Crippen molar-refractivity contribution < 1.29 is 22.7 Å². The van der Waals surface area contributed by atoms with Gasteiger partial charge >= 0.3 is 0 Å². The summed E-state index contributed by atoms with van der Waals surface area (Å²) in [5.74, 6) is 1.62. The molecule has 33 heavy (non-hydrogen) atoms. The topological polar surface area (TPSA) is 93.7 Å². The maximum Gasteiger partial charge on any atom is 0.262 e. The normalized spacial score (nSPS) is 11.0. The van der Waals surface area contributed by atoms with Gasteiger partial charge in [0.25, 0.3) is 10.0 Å². The quantitative estimate of drug-likeness (QED) is 0.400. The molecule has 3 aromatic rings. The van der Waals surface area contributed by atoms with Crippen molar-refractivity contribution in [1.29, 1.82) is 0 Å². The first-order chi connectivity index (χ1) is 15.8. The monoisotopic (exact) mass is 506 g/mol. The Morgan fingerprint density at radius 3 is 2.30 bits per heavy atom. The Hall–Kier alpha value is -2.88. The summed E-state index contributed by atoms with van der Waals surface area (Å²) in [6, 6.07) is 18.2. The molecular formula is C23H23ClN2O5S2. The summed E-state index contributed by atoms with van der Waals surface area (Å²) in [6.07, 6.45) is 0. The zero-order valence-electron chi connectivity index (χ0n) is 18.0. The van der Waals surface area contributed by atoms with Gasteiger partial charge in [0.05, 0.1) is 30.6 Å². The van der Waals surface area contributed by atoms with E-state index in [1.807, 2.05) is 24.3 Å². The number of carbonyl (C=O) groups is 1. The average molecular weight is 507 g/mol. The molecule has 0 fully saturated rings. The van der Waals surface area contributed by atoms with Crippen LogP contribution in [0.1, 0.15) is 5.56 Å². The number of anilines is 2. The molecule has 10 heteroatoms. The van der Waals surface area contributed by atoms with Crippen molar-refractivity contribution in [3.05, 3.63) is 77.3 Å². The second kappa shape index (κ2) is 11.3. The van der Waals surface area contributed by atoms with Gasteiger partial charge in [0, 0.05) is 22.5 Å². The highest BCUT2D eigenvalue weighted by Crippen LogP contribution is 2.31. The first-order valence-electron chi connectivity index (χ1n) is 9.77. The van der Waals surface area contributed by atoms with Crippen LogP contribution in [0.2, 0.25) is 5.02 Å². The largest absolute Gasteiger partial charge is 0.497 e. The van der Waals surface area contributed by atoms with E-state index in [-0.39, 0.29) is 22.2 Å². The van der Waals surface area contributed by atoms with Crippen molar-refractivity contribution >= 4 is 50.7 Å². The fourth-order valence-electron chi connectivity index (χ4n) is 2.85. The predicted octanol–water partition coefficient (Wildman–Crippen LogP) is 5.03. The lowest BCUT2D eigenvalue weighted by molar-refractivity contribution is -0.113. The van der Waals surface area contributed by atoms with E-state index >= 15 is 0 Å². The van der Waals surface area contributed by atoms with Crippen LogP contribution in [0.15, 0.2) is 71.6 Å². The molecule has 0 saturated carbocycles. The molecule has 0 aliphatic carbocycles. The number of nitrogens with one attached hydrogen (secondary N) is 2. The molecule has 3 aromatic carbocycles. The van der Waals surface area contributed by atoms with Crippen LogP contribution in [0.4, 0.5) is 11.4 Å². The number of sulfonamides is 1. The van der Waals surface area contributed by atoms with Gasteiger partial charge in [-0.15, -0.1) is 11.8 Å². The minimum atomic E-state index is -3.88. The van der Waals surface area contributed by atoms with Gasteiger partial charge in [0.2, 0.25) is 5.91 Å². The van der Waals surface area contributed by atoms with Gasteiger partial charge in [-0.2, -0.15) is 0 Å². The standard InChI is InChI=1S/C23H23ClN2O5S2/c1-30-19-9-12-22(31-2)21(13-19)26-33(28,29)20-10-7-18(8-11-20)25-23(27)15-32-14-16-3-5-17(24)6-4-16/h3-13,26H,14-15H2,1-2H3,(H,25,27). The number of methoxy groups -OCH3 is 2. The third kappa shape index (κ3) is 7.05. The van der Waals surface area contributed by atoms with E-state index in [0.29, 0.717) is 28.0 Å². The van der Waals surface area contributed by atoms with Crippen LogP contribution in [-0.2, 0) is 20.6 Å². The molecule has 0 bridgehead atoms. The highest BCUT2D eigenvalue weighted by Gasteiger charge is 2.17. The third-order valence-corrected chi connectivity index (χ3v) is 7.15. The van der Waals surface area contributed by atoms with Gasteiger partial charge < -0.3 is 14.8 Å². The maximum atomic E-state index is 12.8. The Kier molecular flexibility index (Phi) is 8.49. The summed E-state index contributed by atoms with van der Waals surface area (Å²) in [4.78, 5) is 12.2. The summed E-state index contributed by atoms with van der Waals surface area (Å²) in [5, 5.41) is 3.44. The lowest BCUT2D eigenvalue weighted by atomic mass is 10.2.